The predicted molar refractivity (Wildman–Crippen MR) is 79.9 cm³/mol. The number of likely N-dealkylation sites (tertiary alicyclic amines) is 1. The van der Waals surface area contributed by atoms with Gasteiger partial charge < -0.3 is 5.11 Å². The second-order valence-corrected chi connectivity index (χ2v) is 7.32. The van der Waals surface area contributed by atoms with Gasteiger partial charge in [-0.15, -0.1) is 6.58 Å². The van der Waals surface area contributed by atoms with E-state index in [-0.39, 0.29) is 11.8 Å². The second kappa shape index (κ2) is 6.52. The Kier molecular flexibility index (Phi) is 4.96. The van der Waals surface area contributed by atoms with Crippen molar-refractivity contribution in [1.82, 2.24) is 4.90 Å². The number of nitrogens with zero attached hydrogens (tertiary/aromatic N) is 1. The highest BCUT2D eigenvalue weighted by molar-refractivity contribution is 7.92. The van der Waals surface area contributed by atoms with Gasteiger partial charge in [0.2, 0.25) is 0 Å². The van der Waals surface area contributed by atoms with Crippen molar-refractivity contribution in [2.24, 2.45) is 0 Å². The smallest absolute Gasteiger partial charge is 0.181 e. The van der Waals surface area contributed by atoms with E-state index in [1.165, 1.54) is 6.08 Å². The van der Waals surface area contributed by atoms with Crippen molar-refractivity contribution in [2.45, 2.75) is 30.9 Å². The lowest BCUT2D eigenvalue weighted by Crippen LogP contribution is -2.43. The number of hydrogen-bond donors (Lipinski definition) is 1. The zero-order valence-electron chi connectivity index (χ0n) is 11.5. The summed E-state index contributed by atoms with van der Waals surface area (Å²) in [5.74, 6) is -0.177. The van der Waals surface area contributed by atoms with E-state index in [1.54, 1.807) is 0 Å². The van der Waals surface area contributed by atoms with Crippen LogP contribution in [0.3, 0.4) is 0 Å². The van der Waals surface area contributed by atoms with E-state index in [2.05, 4.69) is 11.5 Å². The quantitative estimate of drug-likeness (QED) is 0.809. The van der Waals surface area contributed by atoms with Gasteiger partial charge >= 0.3 is 0 Å². The third-order valence-electron chi connectivity index (χ3n) is 3.69. The van der Waals surface area contributed by atoms with Crippen molar-refractivity contribution >= 4 is 9.84 Å². The highest BCUT2D eigenvalue weighted by atomic mass is 32.2. The van der Waals surface area contributed by atoms with Crippen molar-refractivity contribution in [3.8, 4) is 0 Å². The number of hydrogen-bond acceptors (Lipinski definition) is 4. The minimum atomic E-state index is -3.52. The molecule has 1 aromatic carbocycles. The molecule has 2 atom stereocenters. The normalized spacial score (nSPS) is 21.8. The Labute approximate surface area is 120 Å². The third-order valence-corrected chi connectivity index (χ3v) is 5.44. The van der Waals surface area contributed by atoms with E-state index in [0.29, 0.717) is 13.0 Å². The molecule has 0 bridgehead atoms. The molecule has 0 saturated carbocycles. The molecule has 1 saturated heterocycles. The molecule has 1 N–H and O–H groups in total. The van der Waals surface area contributed by atoms with Crippen LogP contribution in [0.25, 0.3) is 0 Å². The lowest BCUT2D eigenvalue weighted by molar-refractivity contribution is 0.122. The molecule has 4 nitrogen and oxygen atoms in total. The van der Waals surface area contributed by atoms with Crippen LogP contribution >= 0.6 is 0 Å². The van der Waals surface area contributed by atoms with Crippen molar-refractivity contribution in [2.75, 3.05) is 12.3 Å². The topological polar surface area (TPSA) is 57.6 Å². The summed E-state index contributed by atoms with van der Waals surface area (Å²) in [6.07, 6.45) is 2.96. The minimum Gasteiger partial charge on any atom is -0.376 e. The zero-order chi connectivity index (χ0) is 14.6. The molecule has 2 unspecified atom stereocenters. The van der Waals surface area contributed by atoms with Crippen LogP contribution in [0.4, 0.5) is 0 Å². The first-order valence-corrected chi connectivity index (χ1v) is 8.54. The Morgan fingerprint density at radius 1 is 1.40 bits per heavy atom. The summed E-state index contributed by atoms with van der Waals surface area (Å²) in [5.41, 5.74) is -0.195. The number of aliphatic hydroxyl groups is 1. The fraction of sp³-hybridized carbons (Fsp3) is 0.467. The van der Waals surface area contributed by atoms with E-state index in [4.69, 9.17) is 0 Å². The van der Waals surface area contributed by atoms with Crippen molar-refractivity contribution < 1.29 is 13.5 Å². The van der Waals surface area contributed by atoms with Gasteiger partial charge in [-0.3, -0.25) is 4.90 Å². The van der Waals surface area contributed by atoms with E-state index in [9.17, 15) is 13.5 Å². The van der Waals surface area contributed by atoms with Crippen molar-refractivity contribution in [3.05, 3.63) is 48.6 Å². The summed E-state index contributed by atoms with van der Waals surface area (Å²) in [4.78, 5) is 2.06. The molecular weight excluding hydrogens is 274 g/mol. The fourth-order valence-electron chi connectivity index (χ4n) is 2.69. The molecule has 5 heteroatoms. The van der Waals surface area contributed by atoms with Crippen LogP contribution in [-0.2, 0) is 16.4 Å². The van der Waals surface area contributed by atoms with Crippen molar-refractivity contribution in [3.63, 3.8) is 0 Å². The van der Waals surface area contributed by atoms with Crippen LogP contribution in [0, 0.1) is 0 Å². The molecule has 0 radical (unpaired) electrons. The Bertz CT molecular complexity index is 541. The highest BCUT2D eigenvalue weighted by Gasteiger charge is 2.37. The van der Waals surface area contributed by atoms with Gasteiger partial charge in [-0.05, 0) is 24.9 Å². The average molecular weight is 295 g/mol. The number of rotatable bonds is 6. The Balaban J connectivity index is 2.09. The van der Waals surface area contributed by atoms with Gasteiger partial charge in [0.1, 0.15) is 0 Å². The van der Waals surface area contributed by atoms with E-state index in [1.807, 2.05) is 30.3 Å². The molecule has 1 aromatic rings. The van der Waals surface area contributed by atoms with Gasteiger partial charge in [-0.2, -0.15) is 0 Å². The molecule has 0 spiro atoms. The number of aliphatic hydroxyl groups excluding tert-OH is 1. The predicted octanol–water partition coefficient (Wildman–Crippen LogP) is 1.57. The Hall–Kier alpha value is -1.17. The van der Waals surface area contributed by atoms with Crippen LogP contribution in [0.2, 0.25) is 0 Å². The summed E-state index contributed by atoms with van der Waals surface area (Å²) < 4.78 is 23.9. The molecule has 1 aliphatic heterocycles. The Morgan fingerprint density at radius 2 is 2.10 bits per heavy atom. The Morgan fingerprint density at radius 3 is 2.75 bits per heavy atom. The average Bonchev–Trinajstić information content (AvgIpc) is 2.87. The van der Waals surface area contributed by atoms with Crippen LogP contribution in [-0.4, -0.2) is 42.2 Å². The summed E-state index contributed by atoms with van der Waals surface area (Å²) in [7, 11) is -3.52. The lowest BCUT2D eigenvalue weighted by atomic mass is 10.2. The molecular formula is C15H21NO3S. The molecule has 2 rings (SSSR count). The maximum Gasteiger partial charge on any atom is 0.181 e. The molecule has 0 aliphatic carbocycles. The summed E-state index contributed by atoms with van der Waals surface area (Å²) in [5, 5.41) is 10.2. The van der Waals surface area contributed by atoms with E-state index in [0.717, 1.165) is 18.5 Å². The molecule has 1 fully saturated rings. The molecule has 1 aliphatic rings. The molecule has 110 valence electrons. The largest absolute Gasteiger partial charge is 0.376 e. The van der Waals surface area contributed by atoms with E-state index < -0.39 is 15.3 Å². The second-order valence-electron chi connectivity index (χ2n) is 5.17. The standard InChI is InChI=1S/C15H21NO3S/c1-2-11-20(18,19)15(17)14-9-6-10-16(14)12-13-7-4-3-5-8-13/h2-5,7-8,14-15,17H,1,6,9-12H2. The highest BCUT2D eigenvalue weighted by Crippen LogP contribution is 2.25. The molecule has 20 heavy (non-hydrogen) atoms. The third kappa shape index (κ3) is 3.48. The van der Waals surface area contributed by atoms with Gasteiger partial charge in [-0.25, -0.2) is 8.42 Å². The SMILES string of the molecule is C=CCS(=O)(=O)C(O)C1CCCN1Cc1ccccc1. The molecule has 0 amide bonds. The van der Waals surface area contributed by atoms with E-state index >= 15 is 0 Å². The maximum atomic E-state index is 12.0. The first-order chi connectivity index (χ1) is 9.54. The van der Waals surface area contributed by atoms with Gasteiger partial charge in [0.25, 0.3) is 0 Å². The summed E-state index contributed by atoms with van der Waals surface area (Å²) >= 11 is 0. The minimum absolute atomic E-state index is 0.177. The van der Waals surface area contributed by atoms with Crippen LogP contribution in [0.1, 0.15) is 18.4 Å². The molecule has 1 heterocycles. The summed E-state index contributed by atoms with van der Waals surface area (Å²) in [6, 6.07) is 9.59. The van der Waals surface area contributed by atoms with Gasteiger partial charge in [0, 0.05) is 6.54 Å². The number of benzene rings is 1. The van der Waals surface area contributed by atoms with Gasteiger partial charge in [0.15, 0.2) is 15.3 Å². The van der Waals surface area contributed by atoms with Crippen LogP contribution in [0.5, 0.6) is 0 Å². The van der Waals surface area contributed by atoms with Crippen LogP contribution in [0.15, 0.2) is 43.0 Å². The summed E-state index contributed by atoms with van der Waals surface area (Å²) in [6.45, 7) is 4.93. The van der Waals surface area contributed by atoms with Crippen molar-refractivity contribution in [1.29, 1.82) is 0 Å². The number of sulfone groups is 1. The monoisotopic (exact) mass is 295 g/mol. The van der Waals surface area contributed by atoms with Crippen LogP contribution < -0.4 is 0 Å². The van der Waals surface area contributed by atoms with Gasteiger partial charge in [0.05, 0.1) is 11.8 Å². The fourth-order valence-corrected chi connectivity index (χ4v) is 4.00. The zero-order valence-corrected chi connectivity index (χ0v) is 12.3. The molecule has 0 aromatic heterocycles. The maximum absolute atomic E-state index is 12.0. The lowest BCUT2D eigenvalue weighted by Gasteiger charge is -2.28. The van der Waals surface area contributed by atoms with Gasteiger partial charge in [-0.1, -0.05) is 36.4 Å². The first kappa shape index (κ1) is 15.2. The first-order valence-electron chi connectivity index (χ1n) is 6.83.